The molecule has 6 bridgehead atoms. The van der Waals surface area contributed by atoms with Gasteiger partial charge in [-0.15, -0.1) is 0 Å². The first-order chi connectivity index (χ1) is 33.3. The number of Topliss-reactive ketones (excluding diaryl/α,β-unsaturated/α-hetero) is 1. The monoisotopic (exact) mass is 976 g/mol. The van der Waals surface area contributed by atoms with Crippen LogP contribution in [0.15, 0.2) is 36.5 Å². The number of methoxy groups -OCH3 is 1. The molecule has 2 radical (unpaired) electrons. The van der Waals surface area contributed by atoms with E-state index in [1.165, 1.54) is 16.5 Å². The maximum absolute atomic E-state index is 15.0. The van der Waals surface area contributed by atoms with Gasteiger partial charge in [-0.2, -0.15) is 0 Å². The summed E-state index contributed by atoms with van der Waals surface area (Å²) in [6.45, 7) is 21.5. The number of aromatic nitrogens is 2. The lowest BCUT2D eigenvalue weighted by molar-refractivity contribution is -0.155. The number of amides is 2. The van der Waals surface area contributed by atoms with Crippen molar-refractivity contribution in [3.05, 3.63) is 53.3 Å². The summed E-state index contributed by atoms with van der Waals surface area (Å²) in [6.07, 6.45) is 5.41. The van der Waals surface area contributed by atoms with E-state index < -0.39 is 22.9 Å². The highest BCUT2D eigenvalue weighted by atomic mass is 28.2. The number of benzene rings is 1. The van der Waals surface area contributed by atoms with Gasteiger partial charge in [0.05, 0.1) is 57.8 Å². The molecule has 8 rings (SSSR count). The van der Waals surface area contributed by atoms with Crippen LogP contribution < -0.4 is 5.43 Å². The lowest BCUT2D eigenvalue weighted by atomic mass is 9.83. The predicted octanol–water partition coefficient (Wildman–Crippen LogP) is 6.55. The summed E-state index contributed by atoms with van der Waals surface area (Å²) in [5.74, 6) is 5.00. The van der Waals surface area contributed by atoms with Gasteiger partial charge in [-0.25, -0.2) is 5.43 Å². The van der Waals surface area contributed by atoms with Gasteiger partial charge in [-0.1, -0.05) is 39.7 Å². The zero-order valence-electron chi connectivity index (χ0n) is 43.6. The summed E-state index contributed by atoms with van der Waals surface area (Å²) in [5, 5.41) is 2.87. The molecule has 2 aromatic heterocycles. The van der Waals surface area contributed by atoms with Gasteiger partial charge in [-0.05, 0) is 139 Å². The zero-order chi connectivity index (χ0) is 50.2. The van der Waals surface area contributed by atoms with Crippen molar-refractivity contribution in [2.24, 2.45) is 23.2 Å². The summed E-state index contributed by atoms with van der Waals surface area (Å²) in [6, 6.07) is 10.5. The number of rotatable bonds is 12. The first kappa shape index (κ1) is 51.9. The highest BCUT2D eigenvalue weighted by Crippen LogP contribution is 2.51. The largest absolute Gasteiger partial charge is 0.464 e. The molecule has 14 nitrogen and oxygen atoms in total. The lowest BCUT2D eigenvalue weighted by Crippen LogP contribution is -2.58. The third kappa shape index (κ3) is 11.1. The molecule has 7 heterocycles. The number of fused-ring (bicyclic) bond motifs is 6. The molecule has 5 unspecified atom stereocenters. The quantitative estimate of drug-likeness (QED) is 0.120. The molecule has 2 amide bonds. The molecule has 4 saturated heterocycles. The van der Waals surface area contributed by atoms with Gasteiger partial charge in [0.1, 0.15) is 11.8 Å². The number of nitrogens with zero attached hydrogens (tertiary/aromatic N) is 6. The first-order valence-electron chi connectivity index (χ1n) is 25.8. The Morgan fingerprint density at radius 2 is 1.81 bits per heavy atom. The molecular formula is C55H77N7O7Si. The van der Waals surface area contributed by atoms with Crippen LogP contribution in [0.4, 0.5) is 0 Å². The number of ketones is 1. The minimum absolute atomic E-state index is 0.0421. The topological polar surface area (TPSA) is 139 Å². The smallest absolute Gasteiger partial charge is 0.324 e. The summed E-state index contributed by atoms with van der Waals surface area (Å²) >= 11 is 0. The standard InChI is InChI=1S/C55H77N7O7Si/c1-12-61-45-20-19-36-26-40(45)41(48(61)39-17-13-23-56-47(39)35(4)67-11)27-54(5,6)33-69-53(66)44-18-15-25-62(57-44)52(65)42(31-59-24-14-16-37(36)28-59)50-51(70-50)49(64)43(34(2)3)32-68-38-29-60(30-38)46(63)21-22-55(7,8)58(9)10/h13,17,19-20,23,26,34-35,37-38,42-44,50-51,57H,12,14-16,18,24-25,27-33H2,1-11H3/t35-,37?,42?,43-,44-,50?,51?/m0/s1. The molecule has 378 valence electrons. The zero-order valence-corrected chi connectivity index (χ0v) is 44.6. The summed E-state index contributed by atoms with van der Waals surface area (Å²) in [4.78, 5) is 67.3. The second kappa shape index (κ2) is 21.3. The molecule has 15 heteroatoms. The van der Waals surface area contributed by atoms with Crippen molar-refractivity contribution >= 4 is 44.0 Å². The Morgan fingerprint density at radius 3 is 2.53 bits per heavy atom. The second-order valence-corrected chi connectivity index (χ2v) is 24.0. The summed E-state index contributed by atoms with van der Waals surface area (Å²) < 4.78 is 20.8. The molecule has 1 aromatic carbocycles. The average Bonchev–Trinajstić information content (AvgIpc) is 4.07. The van der Waals surface area contributed by atoms with Crippen molar-refractivity contribution in [1.82, 2.24) is 34.7 Å². The number of hydrogen-bond donors (Lipinski definition) is 1. The Bertz CT molecular complexity index is 2490. The fourth-order valence-electron chi connectivity index (χ4n) is 10.8. The normalized spacial score (nSPS) is 26.2. The maximum Gasteiger partial charge on any atom is 0.324 e. The number of hydrazine groups is 1. The van der Waals surface area contributed by atoms with E-state index in [9.17, 15) is 19.2 Å². The second-order valence-electron chi connectivity index (χ2n) is 22.4. The Labute approximate surface area is 418 Å². The number of aryl methyl sites for hydroxylation is 1. The molecule has 3 aromatic rings. The van der Waals surface area contributed by atoms with E-state index in [0.717, 1.165) is 54.9 Å². The van der Waals surface area contributed by atoms with Crippen LogP contribution in [0, 0.1) is 35.0 Å². The molecule has 5 aliphatic rings. The van der Waals surface area contributed by atoms with Crippen LogP contribution in [0.2, 0.25) is 11.1 Å². The number of pyridine rings is 1. The van der Waals surface area contributed by atoms with Crippen LogP contribution >= 0.6 is 0 Å². The Hall–Kier alpha value is -4.43. The van der Waals surface area contributed by atoms with Gasteiger partial charge in [-0.3, -0.25) is 34.1 Å². The summed E-state index contributed by atoms with van der Waals surface area (Å²) in [5.41, 5.74) is 8.87. The number of carbonyl (C=O) groups excluding carboxylic acids is 4. The van der Waals surface area contributed by atoms with E-state index in [4.69, 9.17) is 19.2 Å². The van der Waals surface area contributed by atoms with E-state index in [0.29, 0.717) is 55.0 Å². The number of nitrogens with one attached hydrogen (secondary N) is 1. The van der Waals surface area contributed by atoms with Crippen LogP contribution in [-0.4, -0.2) is 154 Å². The molecule has 0 aliphatic carbocycles. The average molecular weight is 976 g/mol. The van der Waals surface area contributed by atoms with Crippen molar-refractivity contribution in [1.29, 1.82) is 0 Å². The van der Waals surface area contributed by atoms with Gasteiger partial charge in [0.2, 0.25) is 5.91 Å². The molecule has 1 N–H and O–H groups in total. The minimum atomic E-state index is -0.655. The van der Waals surface area contributed by atoms with E-state index in [1.807, 2.05) is 52.0 Å². The van der Waals surface area contributed by atoms with Crippen molar-refractivity contribution < 1.29 is 33.4 Å². The van der Waals surface area contributed by atoms with E-state index >= 15 is 0 Å². The Balaban J connectivity index is 1.05. The number of likely N-dealkylation sites (tertiary alicyclic amines) is 1. The molecule has 4 fully saturated rings. The van der Waals surface area contributed by atoms with Crippen LogP contribution in [0.5, 0.6) is 0 Å². The van der Waals surface area contributed by atoms with Gasteiger partial charge < -0.3 is 28.6 Å². The van der Waals surface area contributed by atoms with E-state index in [-0.39, 0.29) is 77.8 Å². The van der Waals surface area contributed by atoms with Gasteiger partial charge in [0, 0.05) is 85.9 Å². The number of esters is 1. The molecular weight excluding hydrogens is 899 g/mol. The van der Waals surface area contributed by atoms with Crippen LogP contribution in [0.3, 0.4) is 0 Å². The van der Waals surface area contributed by atoms with Gasteiger partial charge in [0.15, 0.2) is 0 Å². The highest BCUT2D eigenvalue weighted by Gasteiger charge is 2.54. The first-order valence-corrected chi connectivity index (χ1v) is 27.0. The van der Waals surface area contributed by atoms with E-state index in [1.54, 1.807) is 17.0 Å². The number of cyclic esters (lactones) is 1. The molecule has 70 heavy (non-hydrogen) atoms. The summed E-state index contributed by atoms with van der Waals surface area (Å²) in [7, 11) is 5.93. The van der Waals surface area contributed by atoms with Gasteiger partial charge in [0.25, 0.3) is 5.91 Å². The highest BCUT2D eigenvalue weighted by molar-refractivity contribution is 6.61. The minimum Gasteiger partial charge on any atom is -0.464 e. The SMILES string of the molecule is CCn1c(-c2cccnc2[C@H](C)OC)c2c3cc(ccc31)C1CCCN(C1)CC(C1[Si]C1C(=O)[C@@H](COC1CN(C(=O)C#CC(C)(C)N(C)C)C1)C(C)C)C(=O)N1CCC[C@H](N1)C(=O)OCC(C)(C)C2. The van der Waals surface area contributed by atoms with Gasteiger partial charge >= 0.3 is 5.97 Å². The predicted molar refractivity (Wildman–Crippen MR) is 273 cm³/mol. The van der Waals surface area contributed by atoms with Crippen LogP contribution in [0.25, 0.3) is 22.2 Å². The third-order valence-electron chi connectivity index (χ3n) is 15.9. The molecule has 8 atom stereocenters. The number of ether oxygens (including phenoxy) is 3. The van der Waals surface area contributed by atoms with Crippen molar-refractivity contribution in [2.45, 2.75) is 135 Å². The van der Waals surface area contributed by atoms with Crippen molar-refractivity contribution in [3.63, 3.8) is 0 Å². The van der Waals surface area contributed by atoms with E-state index in [2.05, 4.69) is 85.6 Å². The lowest BCUT2D eigenvalue weighted by Gasteiger charge is -2.39. The van der Waals surface area contributed by atoms with Crippen LogP contribution in [0.1, 0.15) is 110 Å². The third-order valence-corrected chi connectivity index (χ3v) is 17.6. The fourth-order valence-corrected chi connectivity index (χ4v) is 12.4. The van der Waals surface area contributed by atoms with Crippen molar-refractivity contribution in [2.75, 3.05) is 73.7 Å². The Kier molecular flexibility index (Phi) is 15.8. The molecule has 0 spiro atoms. The van der Waals surface area contributed by atoms with Crippen LogP contribution in [-0.2, 0) is 46.4 Å². The molecule has 0 saturated carbocycles. The maximum atomic E-state index is 15.0. The number of hydrogen-bond acceptors (Lipinski definition) is 11. The number of carbonyl (C=O) groups is 4. The van der Waals surface area contributed by atoms with Crippen molar-refractivity contribution in [3.8, 4) is 23.1 Å². The number of piperidine rings is 1. The molecule has 5 aliphatic heterocycles. The Morgan fingerprint density at radius 1 is 1.06 bits per heavy atom. The fraction of sp³-hybridized carbons (Fsp3) is 0.655.